The highest BCUT2D eigenvalue weighted by Crippen LogP contribution is 2.23. The average molecular weight is 601 g/mol. The van der Waals surface area contributed by atoms with Crippen LogP contribution in [0.25, 0.3) is 0 Å². The van der Waals surface area contributed by atoms with Crippen LogP contribution in [0.3, 0.4) is 0 Å². The molecule has 3 aromatic rings. The summed E-state index contributed by atoms with van der Waals surface area (Å²) in [5.74, 6) is -0.761. The Hall–Kier alpha value is -3.17. The number of rotatable bonds is 11. The van der Waals surface area contributed by atoms with Crippen molar-refractivity contribution in [2.75, 3.05) is 23.7 Å². The van der Waals surface area contributed by atoms with Crippen LogP contribution in [0.5, 0.6) is 0 Å². The Morgan fingerprint density at radius 3 is 2.16 bits per heavy atom. The van der Waals surface area contributed by atoms with Gasteiger partial charge in [0.05, 0.1) is 11.9 Å². The summed E-state index contributed by atoms with van der Waals surface area (Å²) >= 11 is 3.43. The van der Waals surface area contributed by atoms with E-state index >= 15 is 0 Å². The minimum atomic E-state index is -3.79. The molecule has 38 heavy (non-hydrogen) atoms. The lowest BCUT2D eigenvalue weighted by molar-refractivity contribution is -0.140. The van der Waals surface area contributed by atoms with Gasteiger partial charge >= 0.3 is 0 Å². The van der Waals surface area contributed by atoms with Crippen molar-refractivity contribution in [3.05, 3.63) is 99.5 Å². The van der Waals surface area contributed by atoms with Crippen LogP contribution >= 0.6 is 15.9 Å². The molecule has 7 nitrogen and oxygen atoms in total. The van der Waals surface area contributed by atoms with E-state index < -0.39 is 28.5 Å². The van der Waals surface area contributed by atoms with E-state index in [0.29, 0.717) is 12.2 Å². The van der Waals surface area contributed by atoms with Crippen LogP contribution in [-0.2, 0) is 32.6 Å². The van der Waals surface area contributed by atoms with Crippen molar-refractivity contribution in [2.45, 2.75) is 39.8 Å². The van der Waals surface area contributed by atoms with Crippen molar-refractivity contribution >= 4 is 43.5 Å². The van der Waals surface area contributed by atoms with Gasteiger partial charge in [0, 0.05) is 24.0 Å². The lowest BCUT2D eigenvalue weighted by Gasteiger charge is -2.33. The van der Waals surface area contributed by atoms with E-state index in [9.17, 15) is 18.0 Å². The molecule has 0 aromatic heterocycles. The van der Waals surface area contributed by atoms with Crippen molar-refractivity contribution in [1.29, 1.82) is 0 Å². The fourth-order valence-electron chi connectivity index (χ4n) is 4.13. The molecule has 1 atom stereocenters. The van der Waals surface area contributed by atoms with Gasteiger partial charge in [-0.05, 0) is 67.3 Å². The third kappa shape index (κ3) is 7.91. The lowest BCUT2D eigenvalue weighted by Crippen LogP contribution is -2.53. The zero-order valence-electron chi connectivity index (χ0n) is 22.1. The molecule has 0 fully saturated rings. The monoisotopic (exact) mass is 599 g/mol. The molecule has 0 bridgehead atoms. The number of nitrogens with one attached hydrogen (secondary N) is 1. The Morgan fingerprint density at radius 1 is 0.921 bits per heavy atom. The van der Waals surface area contributed by atoms with Crippen LogP contribution in [0, 0.1) is 13.8 Å². The normalized spacial score (nSPS) is 12.0. The molecule has 3 aromatic carbocycles. The van der Waals surface area contributed by atoms with Gasteiger partial charge in [0.15, 0.2) is 0 Å². The zero-order valence-corrected chi connectivity index (χ0v) is 24.6. The number of carbonyl (C=O) groups is 2. The highest BCUT2D eigenvalue weighted by molar-refractivity contribution is 9.10. The SMILES string of the molecule is CCNC(=O)C(Cc1ccccc1)N(Cc1ccc(Br)cc1)C(=O)CN(c1ccc(C)c(C)c1)S(C)(=O)=O. The molecule has 0 radical (unpaired) electrons. The topological polar surface area (TPSA) is 86.8 Å². The van der Waals surface area contributed by atoms with Crippen LogP contribution in [0.15, 0.2) is 77.3 Å². The van der Waals surface area contributed by atoms with Gasteiger partial charge in [0.25, 0.3) is 0 Å². The van der Waals surface area contributed by atoms with E-state index in [0.717, 1.165) is 37.3 Å². The number of benzene rings is 3. The smallest absolute Gasteiger partial charge is 0.244 e. The molecule has 0 aliphatic heterocycles. The first kappa shape index (κ1) is 29.4. The van der Waals surface area contributed by atoms with Crippen molar-refractivity contribution in [1.82, 2.24) is 10.2 Å². The van der Waals surface area contributed by atoms with Gasteiger partial charge in [-0.3, -0.25) is 13.9 Å². The Labute approximate surface area is 234 Å². The second-order valence-electron chi connectivity index (χ2n) is 9.29. The van der Waals surface area contributed by atoms with E-state index in [2.05, 4.69) is 21.2 Å². The molecular weight excluding hydrogens is 566 g/mol. The molecule has 0 saturated heterocycles. The summed E-state index contributed by atoms with van der Waals surface area (Å²) in [6.07, 6.45) is 1.37. The van der Waals surface area contributed by atoms with Gasteiger partial charge in [0.1, 0.15) is 12.6 Å². The molecule has 1 unspecified atom stereocenters. The van der Waals surface area contributed by atoms with Gasteiger partial charge in [-0.2, -0.15) is 0 Å². The molecule has 0 heterocycles. The van der Waals surface area contributed by atoms with Crippen LogP contribution < -0.4 is 9.62 Å². The average Bonchev–Trinajstić information content (AvgIpc) is 2.87. The molecule has 0 saturated carbocycles. The number of amides is 2. The number of hydrogen-bond donors (Lipinski definition) is 1. The Kier molecular flexibility index (Phi) is 10.1. The maximum absolute atomic E-state index is 14.0. The standard InChI is InChI=1S/C29H34BrN3O4S/c1-5-31-29(35)27(18-23-9-7-6-8-10-23)32(19-24-12-14-25(30)15-13-24)28(34)20-33(38(4,36)37)26-16-11-21(2)22(3)17-26/h6-17,27H,5,18-20H2,1-4H3,(H,31,35). The molecule has 202 valence electrons. The minimum absolute atomic E-state index is 0.144. The molecule has 3 rings (SSSR count). The highest BCUT2D eigenvalue weighted by atomic mass is 79.9. The summed E-state index contributed by atoms with van der Waals surface area (Å²) < 4.78 is 27.7. The third-order valence-electron chi connectivity index (χ3n) is 6.35. The second-order valence-corrected chi connectivity index (χ2v) is 12.1. The first-order valence-electron chi connectivity index (χ1n) is 12.4. The predicted molar refractivity (Wildman–Crippen MR) is 155 cm³/mol. The number of carbonyl (C=O) groups excluding carboxylic acids is 2. The van der Waals surface area contributed by atoms with Crippen molar-refractivity contribution in [2.24, 2.45) is 0 Å². The van der Waals surface area contributed by atoms with Crippen molar-refractivity contribution < 1.29 is 18.0 Å². The first-order valence-corrected chi connectivity index (χ1v) is 15.0. The first-order chi connectivity index (χ1) is 18.0. The fourth-order valence-corrected chi connectivity index (χ4v) is 5.23. The fraction of sp³-hybridized carbons (Fsp3) is 0.310. The van der Waals surface area contributed by atoms with Gasteiger partial charge in [-0.15, -0.1) is 0 Å². The number of likely N-dealkylation sites (N-methyl/N-ethyl adjacent to an activating group) is 1. The zero-order chi connectivity index (χ0) is 27.9. The van der Waals surface area contributed by atoms with E-state index in [4.69, 9.17) is 0 Å². The van der Waals surface area contributed by atoms with Gasteiger partial charge in [-0.1, -0.05) is 64.5 Å². The van der Waals surface area contributed by atoms with E-state index in [1.807, 2.05) is 81.4 Å². The van der Waals surface area contributed by atoms with Crippen molar-refractivity contribution in [3.63, 3.8) is 0 Å². The summed E-state index contributed by atoms with van der Waals surface area (Å²) in [7, 11) is -3.79. The minimum Gasteiger partial charge on any atom is -0.355 e. The Bertz CT molecular complexity index is 1360. The summed E-state index contributed by atoms with van der Waals surface area (Å²) in [6, 6.07) is 21.4. The van der Waals surface area contributed by atoms with E-state index in [1.54, 1.807) is 12.1 Å². The Balaban J connectivity index is 2.04. The molecular formula is C29H34BrN3O4S. The van der Waals surface area contributed by atoms with Crippen LogP contribution in [0.2, 0.25) is 0 Å². The lowest BCUT2D eigenvalue weighted by atomic mass is 10.0. The summed E-state index contributed by atoms with van der Waals surface area (Å²) in [5.41, 5.74) is 4.06. The Morgan fingerprint density at radius 2 is 1.58 bits per heavy atom. The number of hydrogen-bond acceptors (Lipinski definition) is 4. The van der Waals surface area contributed by atoms with E-state index in [-0.39, 0.29) is 18.9 Å². The summed E-state index contributed by atoms with van der Waals surface area (Å²) in [6.45, 7) is 5.78. The largest absolute Gasteiger partial charge is 0.355 e. The molecule has 9 heteroatoms. The number of nitrogens with zero attached hydrogens (tertiary/aromatic N) is 2. The quantitative estimate of drug-likeness (QED) is 0.349. The van der Waals surface area contributed by atoms with E-state index in [1.165, 1.54) is 4.90 Å². The summed E-state index contributed by atoms with van der Waals surface area (Å²) in [5, 5.41) is 2.85. The molecule has 0 aliphatic rings. The number of anilines is 1. The molecule has 0 aliphatic carbocycles. The number of halogens is 1. The van der Waals surface area contributed by atoms with Gasteiger partial charge in [0.2, 0.25) is 21.8 Å². The maximum atomic E-state index is 14.0. The molecule has 0 spiro atoms. The van der Waals surface area contributed by atoms with Gasteiger partial charge < -0.3 is 10.2 Å². The second kappa shape index (κ2) is 13.1. The van der Waals surface area contributed by atoms with Crippen molar-refractivity contribution in [3.8, 4) is 0 Å². The highest BCUT2D eigenvalue weighted by Gasteiger charge is 2.32. The third-order valence-corrected chi connectivity index (χ3v) is 8.02. The predicted octanol–water partition coefficient (Wildman–Crippen LogP) is 4.61. The molecule has 2 amide bonds. The van der Waals surface area contributed by atoms with Gasteiger partial charge in [-0.25, -0.2) is 8.42 Å². The van der Waals surface area contributed by atoms with Crippen LogP contribution in [0.4, 0.5) is 5.69 Å². The number of sulfonamides is 1. The molecule has 1 N–H and O–H groups in total. The summed E-state index contributed by atoms with van der Waals surface area (Å²) in [4.78, 5) is 28.8. The van der Waals surface area contributed by atoms with Crippen LogP contribution in [-0.4, -0.2) is 50.5 Å². The maximum Gasteiger partial charge on any atom is 0.244 e. The van der Waals surface area contributed by atoms with Crippen LogP contribution in [0.1, 0.15) is 29.2 Å². The number of aryl methyl sites for hydroxylation is 2.